The maximum atomic E-state index is 5.89. The third kappa shape index (κ3) is 2.06. The van der Waals surface area contributed by atoms with Gasteiger partial charge in [-0.1, -0.05) is 6.92 Å². The molecule has 0 saturated carbocycles. The molecule has 2 atom stereocenters. The van der Waals surface area contributed by atoms with E-state index in [0.717, 1.165) is 22.5 Å². The van der Waals surface area contributed by atoms with Crippen LogP contribution in [0.3, 0.4) is 0 Å². The molecule has 1 saturated heterocycles. The summed E-state index contributed by atoms with van der Waals surface area (Å²) >= 11 is 1.69. The predicted molar refractivity (Wildman–Crippen MR) is 81.8 cm³/mol. The van der Waals surface area contributed by atoms with Gasteiger partial charge in [0, 0.05) is 17.0 Å². The molecule has 0 spiro atoms. The molecule has 0 aromatic carbocycles. The van der Waals surface area contributed by atoms with Gasteiger partial charge >= 0.3 is 0 Å². The van der Waals surface area contributed by atoms with E-state index in [1.165, 1.54) is 17.7 Å². The van der Waals surface area contributed by atoms with Crippen LogP contribution in [0.4, 0.5) is 11.8 Å². The molecule has 2 aromatic rings. The zero-order valence-corrected chi connectivity index (χ0v) is 12.5. The van der Waals surface area contributed by atoms with Crippen LogP contribution in [0.2, 0.25) is 0 Å². The number of rotatable bonds is 2. The van der Waals surface area contributed by atoms with Crippen molar-refractivity contribution in [1.82, 2.24) is 9.97 Å². The lowest BCUT2D eigenvalue weighted by atomic mass is 10.1. The standard InChI is InChI=1S/C14H20N4S/c1-4-10-6-5-8(2)18(10)12-11-7-9(3)19-13(11)17-14(15)16-12/h7-8,10H,4-6H2,1-3H3,(H2,15,16,17). The van der Waals surface area contributed by atoms with Gasteiger partial charge in [0.15, 0.2) is 0 Å². The fraction of sp³-hybridized carbons (Fsp3) is 0.571. The molecule has 0 amide bonds. The van der Waals surface area contributed by atoms with Crippen LogP contribution in [0.1, 0.15) is 38.0 Å². The van der Waals surface area contributed by atoms with Crippen molar-refractivity contribution in [3.63, 3.8) is 0 Å². The van der Waals surface area contributed by atoms with Crippen LogP contribution in [0.5, 0.6) is 0 Å². The molecule has 2 N–H and O–H groups in total. The van der Waals surface area contributed by atoms with Crippen LogP contribution in [0.25, 0.3) is 10.2 Å². The van der Waals surface area contributed by atoms with Crippen LogP contribution in [-0.4, -0.2) is 22.1 Å². The van der Waals surface area contributed by atoms with Crippen LogP contribution < -0.4 is 10.6 Å². The number of aromatic nitrogens is 2. The summed E-state index contributed by atoms with van der Waals surface area (Å²) in [5.74, 6) is 1.42. The number of nitrogens with two attached hydrogens (primary N) is 1. The molecule has 19 heavy (non-hydrogen) atoms. The van der Waals surface area contributed by atoms with Crippen LogP contribution in [0, 0.1) is 6.92 Å². The van der Waals surface area contributed by atoms with Gasteiger partial charge in [-0.3, -0.25) is 0 Å². The maximum absolute atomic E-state index is 5.89. The molecule has 1 aliphatic heterocycles. The molecular formula is C14H20N4S. The van der Waals surface area contributed by atoms with Crippen LogP contribution in [-0.2, 0) is 0 Å². The lowest BCUT2D eigenvalue weighted by Crippen LogP contribution is -2.35. The second-order valence-electron chi connectivity index (χ2n) is 5.38. The van der Waals surface area contributed by atoms with Gasteiger partial charge in [0.25, 0.3) is 0 Å². The summed E-state index contributed by atoms with van der Waals surface area (Å²) in [6, 6.07) is 3.29. The number of fused-ring (bicyclic) bond motifs is 1. The number of nitrogen functional groups attached to an aromatic ring is 1. The molecular weight excluding hydrogens is 256 g/mol. The van der Waals surface area contributed by atoms with Gasteiger partial charge in [-0.05, 0) is 39.2 Å². The summed E-state index contributed by atoms with van der Waals surface area (Å²) < 4.78 is 0. The zero-order chi connectivity index (χ0) is 13.6. The molecule has 3 heterocycles. The Balaban J connectivity index is 2.17. The molecule has 102 valence electrons. The molecule has 1 fully saturated rings. The monoisotopic (exact) mass is 276 g/mol. The summed E-state index contributed by atoms with van der Waals surface area (Å²) in [6.45, 7) is 6.63. The van der Waals surface area contributed by atoms with Crippen molar-refractivity contribution in [2.45, 2.75) is 52.1 Å². The first-order chi connectivity index (χ1) is 9.10. The Morgan fingerprint density at radius 3 is 2.95 bits per heavy atom. The van der Waals surface area contributed by atoms with Gasteiger partial charge in [0.1, 0.15) is 10.6 Å². The minimum Gasteiger partial charge on any atom is -0.368 e. The first-order valence-corrected chi connectivity index (χ1v) is 7.73. The number of hydrogen-bond acceptors (Lipinski definition) is 5. The second-order valence-corrected chi connectivity index (χ2v) is 6.61. The average Bonchev–Trinajstić information content (AvgIpc) is 2.90. The van der Waals surface area contributed by atoms with Crippen molar-refractivity contribution in [1.29, 1.82) is 0 Å². The summed E-state index contributed by atoms with van der Waals surface area (Å²) in [7, 11) is 0. The van der Waals surface area contributed by atoms with E-state index in [2.05, 4.69) is 41.7 Å². The molecule has 5 heteroatoms. The van der Waals surface area contributed by atoms with Gasteiger partial charge in [0.2, 0.25) is 5.95 Å². The highest BCUT2D eigenvalue weighted by molar-refractivity contribution is 7.18. The van der Waals surface area contributed by atoms with Crippen LogP contribution >= 0.6 is 11.3 Å². The lowest BCUT2D eigenvalue weighted by molar-refractivity contribution is 0.623. The first-order valence-electron chi connectivity index (χ1n) is 6.92. The Morgan fingerprint density at radius 1 is 1.42 bits per heavy atom. The smallest absolute Gasteiger partial charge is 0.223 e. The van der Waals surface area contributed by atoms with Gasteiger partial charge in [-0.15, -0.1) is 11.3 Å². The van der Waals surface area contributed by atoms with E-state index in [1.54, 1.807) is 11.3 Å². The molecule has 2 unspecified atom stereocenters. The third-order valence-electron chi connectivity index (χ3n) is 4.01. The van der Waals surface area contributed by atoms with Gasteiger partial charge in [0.05, 0.1) is 5.39 Å². The largest absolute Gasteiger partial charge is 0.368 e. The van der Waals surface area contributed by atoms with E-state index >= 15 is 0 Å². The molecule has 3 rings (SSSR count). The highest BCUT2D eigenvalue weighted by Crippen LogP contribution is 2.37. The number of thiophene rings is 1. The average molecular weight is 276 g/mol. The highest BCUT2D eigenvalue weighted by Gasteiger charge is 2.32. The van der Waals surface area contributed by atoms with Crippen molar-refractivity contribution in [2.24, 2.45) is 0 Å². The summed E-state index contributed by atoms with van der Waals surface area (Å²) in [5, 5.41) is 1.16. The Hall–Kier alpha value is -1.36. The van der Waals surface area contributed by atoms with Crippen molar-refractivity contribution >= 4 is 33.3 Å². The topological polar surface area (TPSA) is 55.0 Å². The second kappa shape index (κ2) is 4.63. The summed E-state index contributed by atoms with van der Waals surface area (Å²) in [6.07, 6.45) is 3.62. The van der Waals surface area contributed by atoms with Gasteiger partial charge in [-0.25, -0.2) is 4.98 Å². The molecule has 4 nitrogen and oxygen atoms in total. The minimum atomic E-state index is 0.387. The third-order valence-corrected chi connectivity index (χ3v) is 4.96. The van der Waals surface area contributed by atoms with E-state index in [4.69, 9.17) is 5.73 Å². The van der Waals surface area contributed by atoms with Gasteiger partial charge in [-0.2, -0.15) is 4.98 Å². The van der Waals surface area contributed by atoms with E-state index in [9.17, 15) is 0 Å². The molecule has 1 aliphatic rings. The Labute approximate surface area is 117 Å². The van der Waals surface area contributed by atoms with Crippen molar-refractivity contribution in [3.05, 3.63) is 10.9 Å². The lowest BCUT2D eigenvalue weighted by Gasteiger charge is -2.29. The first kappa shape index (κ1) is 12.7. The molecule has 0 bridgehead atoms. The van der Waals surface area contributed by atoms with E-state index < -0.39 is 0 Å². The zero-order valence-electron chi connectivity index (χ0n) is 11.7. The maximum Gasteiger partial charge on any atom is 0.223 e. The quantitative estimate of drug-likeness (QED) is 0.914. The van der Waals surface area contributed by atoms with E-state index in [-0.39, 0.29) is 0 Å². The molecule has 0 radical (unpaired) electrons. The van der Waals surface area contributed by atoms with E-state index in [1.807, 2.05) is 0 Å². The van der Waals surface area contributed by atoms with Crippen LogP contribution in [0.15, 0.2) is 6.07 Å². The minimum absolute atomic E-state index is 0.387. The molecule has 2 aromatic heterocycles. The SMILES string of the molecule is CCC1CCC(C)N1c1nc(N)nc2sc(C)cc12. The number of anilines is 2. The number of nitrogens with zero attached hydrogens (tertiary/aromatic N) is 3. The normalized spacial score (nSPS) is 23.4. The fourth-order valence-corrected chi connectivity index (χ4v) is 3.98. The highest BCUT2D eigenvalue weighted by atomic mass is 32.1. The number of aryl methyl sites for hydroxylation is 1. The molecule has 0 aliphatic carbocycles. The van der Waals surface area contributed by atoms with E-state index in [0.29, 0.717) is 18.0 Å². The van der Waals surface area contributed by atoms with Crippen molar-refractivity contribution < 1.29 is 0 Å². The Kier molecular flexibility index (Phi) is 3.09. The predicted octanol–water partition coefficient (Wildman–Crippen LogP) is 3.35. The van der Waals surface area contributed by atoms with Gasteiger partial charge < -0.3 is 10.6 Å². The summed E-state index contributed by atoms with van der Waals surface area (Å²) in [4.78, 5) is 13.6. The Bertz CT molecular complexity index is 607. The fourth-order valence-electron chi connectivity index (χ4n) is 3.09. The Morgan fingerprint density at radius 2 is 2.21 bits per heavy atom. The summed E-state index contributed by atoms with van der Waals surface area (Å²) in [5.41, 5.74) is 5.89. The van der Waals surface area contributed by atoms with Crippen molar-refractivity contribution in [2.75, 3.05) is 10.6 Å². The number of hydrogen-bond donors (Lipinski definition) is 1. The van der Waals surface area contributed by atoms with Crippen molar-refractivity contribution in [3.8, 4) is 0 Å².